The van der Waals surface area contributed by atoms with Gasteiger partial charge in [-0.05, 0) is 30.5 Å². The summed E-state index contributed by atoms with van der Waals surface area (Å²) in [4.78, 5) is 0. The predicted octanol–water partition coefficient (Wildman–Crippen LogP) is 2.07. The van der Waals surface area contributed by atoms with Crippen molar-refractivity contribution < 1.29 is 8.42 Å². The summed E-state index contributed by atoms with van der Waals surface area (Å²) < 4.78 is 27.2. The number of sulfonamides is 1. The fourth-order valence-corrected chi connectivity index (χ4v) is 5.10. The van der Waals surface area contributed by atoms with E-state index in [0.29, 0.717) is 12.5 Å². The van der Waals surface area contributed by atoms with E-state index < -0.39 is 10.0 Å². The molecule has 152 valence electrons. The summed E-state index contributed by atoms with van der Waals surface area (Å²) in [5.74, 6) is 0.420. The molecule has 0 radical (unpaired) electrons. The van der Waals surface area contributed by atoms with E-state index in [1.54, 1.807) is 0 Å². The minimum Gasteiger partial charge on any atom is -0.312 e. The Hall–Kier alpha value is -1.77. The van der Waals surface area contributed by atoms with Crippen LogP contribution >= 0.6 is 0 Å². The number of hydrazine groups is 1. The Kier molecular flexibility index (Phi) is 7.20. The standard InChI is InChI=1S/C21H30N4O2S/c1-16(2)25-28(26,27)15-19-11-7-6-10-18(19)12-22-13-20-14-23-24-21(20)17-8-4-3-5-9-17/h3-11,16,20-25H,12-15H2,1-2H3. The third-order valence-electron chi connectivity index (χ3n) is 4.85. The van der Waals surface area contributed by atoms with E-state index in [4.69, 9.17) is 0 Å². The number of hydrogen-bond acceptors (Lipinski definition) is 5. The van der Waals surface area contributed by atoms with Gasteiger partial charge < -0.3 is 5.32 Å². The molecular weight excluding hydrogens is 372 g/mol. The SMILES string of the molecule is CC(C)NS(=O)(=O)Cc1ccccc1CNCC1CNNC1c1ccccc1. The van der Waals surface area contributed by atoms with Gasteiger partial charge in [-0.2, -0.15) is 0 Å². The molecule has 0 spiro atoms. The van der Waals surface area contributed by atoms with Gasteiger partial charge in [-0.3, -0.25) is 5.43 Å². The molecule has 0 aliphatic carbocycles. The van der Waals surface area contributed by atoms with Crippen LogP contribution in [-0.2, 0) is 22.3 Å². The van der Waals surface area contributed by atoms with E-state index >= 15 is 0 Å². The molecule has 1 aliphatic rings. The Labute approximate surface area is 168 Å². The van der Waals surface area contributed by atoms with Crippen LogP contribution in [-0.4, -0.2) is 27.5 Å². The van der Waals surface area contributed by atoms with Crippen molar-refractivity contribution >= 4 is 10.0 Å². The molecule has 0 aromatic heterocycles. The third kappa shape index (κ3) is 5.86. The second-order valence-corrected chi connectivity index (χ2v) is 9.36. The fraction of sp³-hybridized carbons (Fsp3) is 0.429. The molecule has 1 aliphatic heterocycles. The summed E-state index contributed by atoms with van der Waals surface area (Å²) in [6.07, 6.45) is 0. The lowest BCUT2D eigenvalue weighted by molar-refractivity contribution is 0.441. The first-order valence-corrected chi connectivity index (χ1v) is 11.4. The number of nitrogens with one attached hydrogen (secondary N) is 4. The van der Waals surface area contributed by atoms with Crippen LogP contribution in [0.2, 0.25) is 0 Å². The molecular formula is C21H30N4O2S. The fourth-order valence-electron chi connectivity index (χ4n) is 3.61. The zero-order chi connectivity index (χ0) is 20.0. The lowest BCUT2D eigenvalue weighted by atomic mass is 9.95. The first kappa shape index (κ1) is 21.0. The second-order valence-electron chi connectivity index (χ2n) is 7.60. The van der Waals surface area contributed by atoms with Gasteiger partial charge in [0.25, 0.3) is 0 Å². The lowest BCUT2D eigenvalue weighted by Gasteiger charge is -2.20. The molecule has 2 aromatic rings. The first-order valence-electron chi connectivity index (χ1n) is 9.75. The second kappa shape index (κ2) is 9.62. The van der Waals surface area contributed by atoms with Crippen LogP contribution in [0.1, 0.15) is 36.6 Å². The third-order valence-corrected chi connectivity index (χ3v) is 6.37. The first-order chi connectivity index (χ1) is 13.4. The van der Waals surface area contributed by atoms with Crippen molar-refractivity contribution in [2.45, 2.75) is 38.2 Å². The maximum Gasteiger partial charge on any atom is 0.216 e. The molecule has 0 saturated carbocycles. The number of hydrogen-bond donors (Lipinski definition) is 4. The quantitative estimate of drug-likeness (QED) is 0.516. The van der Waals surface area contributed by atoms with Crippen molar-refractivity contribution in [3.05, 3.63) is 71.3 Å². The van der Waals surface area contributed by atoms with E-state index in [9.17, 15) is 8.42 Å². The molecule has 6 nitrogen and oxygen atoms in total. The van der Waals surface area contributed by atoms with Crippen molar-refractivity contribution in [3.8, 4) is 0 Å². The van der Waals surface area contributed by atoms with Crippen LogP contribution in [0.5, 0.6) is 0 Å². The van der Waals surface area contributed by atoms with Crippen molar-refractivity contribution in [1.29, 1.82) is 0 Å². The highest BCUT2D eigenvalue weighted by Gasteiger charge is 2.27. The Morgan fingerprint density at radius 3 is 2.43 bits per heavy atom. The van der Waals surface area contributed by atoms with Crippen molar-refractivity contribution in [2.75, 3.05) is 13.1 Å². The molecule has 28 heavy (non-hydrogen) atoms. The van der Waals surface area contributed by atoms with E-state index in [2.05, 4.69) is 45.2 Å². The van der Waals surface area contributed by atoms with Crippen molar-refractivity contribution in [2.24, 2.45) is 5.92 Å². The average molecular weight is 403 g/mol. The van der Waals surface area contributed by atoms with Gasteiger partial charge >= 0.3 is 0 Å². The maximum atomic E-state index is 12.3. The van der Waals surface area contributed by atoms with Crippen LogP contribution in [0.25, 0.3) is 0 Å². The minimum absolute atomic E-state index is 0.00220. The smallest absolute Gasteiger partial charge is 0.216 e. The molecule has 2 aromatic carbocycles. The highest BCUT2D eigenvalue weighted by atomic mass is 32.2. The average Bonchev–Trinajstić information content (AvgIpc) is 3.11. The topological polar surface area (TPSA) is 82.3 Å². The van der Waals surface area contributed by atoms with Gasteiger partial charge in [0.15, 0.2) is 0 Å². The van der Waals surface area contributed by atoms with E-state index in [1.807, 2.05) is 44.2 Å². The van der Waals surface area contributed by atoms with Crippen molar-refractivity contribution in [3.63, 3.8) is 0 Å². The summed E-state index contributed by atoms with van der Waals surface area (Å²) in [5.41, 5.74) is 9.73. The number of rotatable bonds is 9. The molecule has 3 rings (SSSR count). The van der Waals surface area contributed by atoms with Crippen molar-refractivity contribution in [1.82, 2.24) is 20.9 Å². The normalized spacial score (nSPS) is 20.0. The van der Waals surface area contributed by atoms with Crippen LogP contribution in [0.3, 0.4) is 0 Å². The monoisotopic (exact) mass is 402 g/mol. The van der Waals surface area contributed by atoms with Gasteiger partial charge in [0, 0.05) is 31.6 Å². The van der Waals surface area contributed by atoms with E-state index in [0.717, 1.165) is 24.2 Å². The Morgan fingerprint density at radius 1 is 1.04 bits per heavy atom. The van der Waals surface area contributed by atoms with Gasteiger partial charge in [-0.1, -0.05) is 54.6 Å². The predicted molar refractivity (Wildman–Crippen MR) is 113 cm³/mol. The highest BCUT2D eigenvalue weighted by molar-refractivity contribution is 7.88. The van der Waals surface area contributed by atoms with E-state index in [1.165, 1.54) is 5.56 Å². The summed E-state index contributed by atoms with van der Waals surface area (Å²) in [5, 5.41) is 3.52. The summed E-state index contributed by atoms with van der Waals surface area (Å²) in [6.45, 7) is 6.03. The Balaban J connectivity index is 1.59. The zero-order valence-corrected chi connectivity index (χ0v) is 17.3. The van der Waals surface area contributed by atoms with Gasteiger partial charge in [-0.15, -0.1) is 0 Å². The van der Waals surface area contributed by atoms with E-state index in [-0.39, 0.29) is 17.8 Å². The van der Waals surface area contributed by atoms with Gasteiger partial charge in [-0.25, -0.2) is 18.6 Å². The van der Waals surface area contributed by atoms with Crippen LogP contribution in [0.4, 0.5) is 0 Å². The maximum absolute atomic E-state index is 12.3. The Morgan fingerprint density at radius 2 is 1.71 bits per heavy atom. The highest BCUT2D eigenvalue weighted by Crippen LogP contribution is 2.24. The molecule has 1 fully saturated rings. The summed E-state index contributed by atoms with van der Waals surface area (Å²) in [7, 11) is -3.34. The lowest BCUT2D eigenvalue weighted by Crippen LogP contribution is -2.32. The molecule has 1 heterocycles. The molecule has 4 N–H and O–H groups in total. The Bertz CT molecular complexity index is 856. The molecule has 2 atom stereocenters. The zero-order valence-electron chi connectivity index (χ0n) is 16.5. The summed E-state index contributed by atoms with van der Waals surface area (Å²) in [6, 6.07) is 18.3. The largest absolute Gasteiger partial charge is 0.312 e. The molecule has 7 heteroatoms. The number of benzene rings is 2. The molecule has 0 bridgehead atoms. The molecule has 0 amide bonds. The van der Waals surface area contributed by atoms with Gasteiger partial charge in [0.1, 0.15) is 0 Å². The van der Waals surface area contributed by atoms with Gasteiger partial charge in [0.05, 0.1) is 11.8 Å². The minimum atomic E-state index is -3.34. The molecule has 2 unspecified atom stereocenters. The molecule has 1 saturated heterocycles. The van der Waals surface area contributed by atoms with Crippen LogP contribution in [0, 0.1) is 5.92 Å². The summed E-state index contributed by atoms with van der Waals surface area (Å²) >= 11 is 0. The van der Waals surface area contributed by atoms with Crippen LogP contribution in [0.15, 0.2) is 54.6 Å². The van der Waals surface area contributed by atoms with Crippen LogP contribution < -0.4 is 20.9 Å². The van der Waals surface area contributed by atoms with Gasteiger partial charge in [0.2, 0.25) is 10.0 Å².